The first kappa shape index (κ1) is 17.3. The van der Waals surface area contributed by atoms with E-state index in [4.69, 9.17) is 5.11 Å². The maximum absolute atomic E-state index is 10.8. The van der Waals surface area contributed by atoms with Gasteiger partial charge in [-0.1, -0.05) is 29.8 Å². The molecule has 1 heterocycles. The van der Waals surface area contributed by atoms with Gasteiger partial charge in [-0.2, -0.15) is 5.10 Å². The molecule has 3 rings (SSSR count). The number of nitrogens with zero attached hydrogens (tertiary/aromatic N) is 2. The molecule has 0 amide bonds. The SMILES string of the molecule is Cc1ccc(-n2cc(CSc3cccc(CC(=O)O)c3)c(C)n2)cc1. The first-order chi connectivity index (χ1) is 12.0. The highest BCUT2D eigenvalue weighted by molar-refractivity contribution is 7.98. The third kappa shape index (κ3) is 4.51. The second-order valence-corrected chi connectivity index (χ2v) is 7.08. The minimum absolute atomic E-state index is 0.0543. The highest BCUT2D eigenvalue weighted by Crippen LogP contribution is 2.25. The summed E-state index contributed by atoms with van der Waals surface area (Å²) in [5.41, 5.74) is 5.28. The molecule has 128 valence electrons. The van der Waals surface area contributed by atoms with Gasteiger partial charge in [-0.05, 0) is 43.7 Å². The van der Waals surface area contributed by atoms with Crippen molar-refractivity contribution in [2.75, 3.05) is 0 Å². The summed E-state index contributed by atoms with van der Waals surface area (Å²) in [6.07, 6.45) is 2.12. The lowest BCUT2D eigenvalue weighted by Crippen LogP contribution is -1.99. The maximum Gasteiger partial charge on any atom is 0.307 e. The normalized spacial score (nSPS) is 10.8. The van der Waals surface area contributed by atoms with Gasteiger partial charge in [0, 0.05) is 22.4 Å². The van der Waals surface area contributed by atoms with Gasteiger partial charge in [-0.3, -0.25) is 4.79 Å². The molecule has 25 heavy (non-hydrogen) atoms. The molecule has 0 aliphatic rings. The number of aryl methyl sites for hydroxylation is 2. The third-order valence-electron chi connectivity index (χ3n) is 3.95. The summed E-state index contributed by atoms with van der Waals surface area (Å²) in [6.45, 7) is 4.08. The van der Waals surface area contributed by atoms with Crippen LogP contribution in [-0.4, -0.2) is 20.9 Å². The van der Waals surface area contributed by atoms with Crippen molar-refractivity contribution in [2.45, 2.75) is 30.9 Å². The molecule has 3 aromatic rings. The minimum atomic E-state index is -0.808. The summed E-state index contributed by atoms with van der Waals surface area (Å²) in [6, 6.07) is 16.0. The average Bonchev–Trinajstić information content (AvgIpc) is 2.94. The van der Waals surface area contributed by atoms with E-state index in [1.165, 1.54) is 11.1 Å². The lowest BCUT2D eigenvalue weighted by Gasteiger charge is -2.03. The molecule has 0 unspecified atom stereocenters. The van der Waals surface area contributed by atoms with Crippen LogP contribution in [0.2, 0.25) is 0 Å². The number of hydrogen-bond acceptors (Lipinski definition) is 3. The van der Waals surface area contributed by atoms with Crippen LogP contribution in [0.3, 0.4) is 0 Å². The fourth-order valence-electron chi connectivity index (χ4n) is 2.55. The van der Waals surface area contributed by atoms with E-state index in [1.807, 2.05) is 35.9 Å². The van der Waals surface area contributed by atoms with Gasteiger partial charge >= 0.3 is 5.97 Å². The van der Waals surface area contributed by atoms with E-state index < -0.39 is 5.97 Å². The van der Waals surface area contributed by atoms with E-state index in [1.54, 1.807) is 11.8 Å². The molecule has 1 N–H and O–H groups in total. The van der Waals surface area contributed by atoms with Crippen molar-refractivity contribution in [2.24, 2.45) is 0 Å². The number of aliphatic carboxylic acids is 1. The Morgan fingerprint density at radius 2 is 1.92 bits per heavy atom. The molecule has 2 aromatic carbocycles. The van der Waals surface area contributed by atoms with Gasteiger partial charge in [-0.15, -0.1) is 11.8 Å². The number of benzene rings is 2. The molecule has 0 aliphatic carbocycles. The molecule has 0 aliphatic heterocycles. The Hall–Kier alpha value is -2.53. The molecule has 4 nitrogen and oxygen atoms in total. The smallest absolute Gasteiger partial charge is 0.307 e. The van der Waals surface area contributed by atoms with Crippen molar-refractivity contribution in [1.29, 1.82) is 0 Å². The lowest BCUT2D eigenvalue weighted by molar-refractivity contribution is -0.136. The lowest BCUT2D eigenvalue weighted by atomic mass is 10.2. The highest BCUT2D eigenvalue weighted by Gasteiger charge is 2.08. The van der Waals surface area contributed by atoms with Crippen LogP contribution in [-0.2, 0) is 17.0 Å². The van der Waals surface area contributed by atoms with Crippen molar-refractivity contribution in [1.82, 2.24) is 9.78 Å². The molecule has 5 heteroatoms. The van der Waals surface area contributed by atoms with Crippen LogP contribution in [0.4, 0.5) is 0 Å². The molecule has 1 aromatic heterocycles. The van der Waals surface area contributed by atoms with E-state index in [0.29, 0.717) is 0 Å². The summed E-state index contributed by atoms with van der Waals surface area (Å²) in [5.74, 6) is -0.00817. The van der Waals surface area contributed by atoms with Gasteiger partial charge in [0.1, 0.15) is 0 Å². The molecular formula is C20H20N2O2S. The summed E-state index contributed by atoms with van der Waals surface area (Å²) in [7, 11) is 0. The summed E-state index contributed by atoms with van der Waals surface area (Å²) in [5, 5.41) is 13.5. The van der Waals surface area contributed by atoms with Gasteiger partial charge in [0.05, 0.1) is 17.8 Å². The number of carboxylic acid groups (broad SMARTS) is 1. The molecule has 0 atom stereocenters. The zero-order chi connectivity index (χ0) is 17.8. The van der Waals surface area contributed by atoms with E-state index >= 15 is 0 Å². The maximum atomic E-state index is 10.8. The van der Waals surface area contributed by atoms with Gasteiger partial charge in [0.2, 0.25) is 0 Å². The van der Waals surface area contributed by atoms with Crippen LogP contribution in [0.1, 0.15) is 22.4 Å². The van der Waals surface area contributed by atoms with Gasteiger partial charge in [-0.25, -0.2) is 4.68 Å². The van der Waals surface area contributed by atoms with E-state index in [9.17, 15) is 4.79 Å². The highest BCUT2D eigenvalue weighted by atomic mass is 32.2. The summed E-state index contributed by atoms with van der Waals surface area (Å²) >= 11 is 1.69. The van der Waals surface area contributed by atoms with E-state index in [-0.39, 0.29) is 6.42 Å². The number of hydrogen-bond donors (Lipinski definition) is 1. The topological polar surface area (TPSA) is 55.1 Å². The Balaban J connectivity index is 1.71. The first-order valence-electron chi connectivity index (χ1n) is 8.07. The van der Waals surface area contributed by atoms with Crippen molar-refractivity contribution in [3.63, 3.8) is 0 Å². The molecule has 0 bridgehead atoms. The van der Waals surface area contributed by atoms with Crippen LogP contribution in [0.25, 0.3) is 5.69 Å². The molecular weight excluding hydrogens is 332 g/mol. The zero-order valence-corrected chi connectivity index (χ0v) is 15.1. The number of carboxylic acids is 1. The van der Waals surface area contributed by atoms with Crippen LogP contribution >= 0.6 is 11.8 Å². The van der Waals surface area contributed by atoms with Gasteiger partial charge in [0.25, 0.3) is 0 Å². The van der Waals surface area contributed by atoms with Crippen molar-refractivity contribution >= 4 is 17.7 Å². The zero-order valence-electron chi connectivity index (χ0n) is 14.3. The first-order valence-corrected chi connectivity index (χ1v) is 9.05. The quantitative estimate of drug-likeness (QED) is 0.668. The largest absolute Gasteiger partial charge is 0.481 e. The molecule has 0 radical (unpaired) electrons. The molecule has 0 fully saturated rings. The number of aromatic nitrogens is 2. The predicted octanol–water partition coefficient (Wildman–Crippen LogP) is 4.41. The Morgan fingerprint density at radius 1 is 1.16 bits per heavy atom. The third-order valence-corrected chi connectivity index (χ3v) is 4.99. The number of rotatable bonds is 6. The van der Waals surface area contributed by atoms with Crippen LogP contribution in [0, 0.1) is 13.8 Å². The standard InChI is InChI=1S/C20H20N2O2S/c1-14-6-8-18(9-7-14)22-12-17(15(2)21-22)13-25-19-5-3-4-16(10-19)11-20(23)24/h3-10,12H,11,13H2,1-2H3,(H,23,24). The Labute approximate surface area is 151 Å². The summed E-state index contributed by atoms with van der Waals surface area (Å²) < 4.78 is 1.91. The van der Waals surface area contributed by atoms with Gasteiger partial charge in [0.15, 0.2) is 0 Å². The monoisotopic (exact) mass is 352 g/mol. The molecule has 0 spiro atoms. The Bertz CT molecular complexity index is 885. The van der Waals surface area contributed by atoms with Crippen LogP contribution < -0.4 is 0 Å². The Morgan fingerprint density at radius 3 is 2.64 bits per heavy atom. The van der Waals surface area contributed by atoms with Gasteiger partial charge < -0.3 is 5.11 Å². The molecule has 0 saturated carbocycles. The fraction of sp³-hybridized carbons (Fsp3) is 0.200. The second-order valence-electron chi connectivity index (χ2n) is 6.03. The summed E-state index contributed by atoms with van der Waals surface area (Å²) in [4.78, 5) is 11.9. The minimum Gasteiger partial charge on any atom is -0.481 e. The fourth-order valence-corrected chi connectivity index (χ4v) is 3.56. The second kappa shape index (κ2) is 7.57. The number of carbonyl (C=O) groups is 1. The predicted molar refractivity (Wildman–Crippen MR) is 100 cm³/mol. The van der Waals surface area contributed by atoms with Crippen LogP contribution in [0.15, 0.2) is 59.6 Å². The van der Waals surface area contributed by atoms with E-state index in [2.05, 4.69) is 42.5 Å². The average molecular weight is 352 g/mol. The van der Waals surface area contributed by atoms with Crippen molar-refractivity contribution in [3.8, 4) is 5.69 Å². The van der Waals surface area contributed by atoms with Crippen LogP contribution in [0.5, 0.6) is 0 Å². The molecule has 0 saturated heterocycles. The van der Waals surface area contributed by atoms with E-state index in [0.717, 1.165) is 27.6 Å². The van der Waals surface area contributed by atoms with Crippen molar-refractivity contribution in [3.05, 3.63) is 77.1 Å². The Kier molecular flexibility index (Phi) is 5.24. The van der Waals surface area contributed by atoms with Crippen molar-refractivity contribution < 1.29 is 9.90 Å². The number of thioether (sulfide) groups is 1.